The fourth-order valence-electron chi connectivity index (χ4n) is 2.41. The molecule has 1 aromatic heterocycles. The van der Waals surface area contributed by atoms with Gasteiger partial charge in [-0.05, 0) is 36.9 Å². The largest absolute Gasteiger partial charge is 0.493 e. The number of carbonyl (C=O) groups excluding carboxylic acids is 1. The first-order valence-electron chi connectivity index (χ1n) is 7.74. The number of anilines is 1. The highest BCUT2D eigenvalue weighted by Gasteiger charge is 2.19. The average Bonchev–Trinajstić information content (AvgIpc) is 3.04. The number of hydrazone groups is 1. The fraction of sp³-hybridized carbons (Fsp3) is 0.333. The Morgan fingerprint density at radius 3 is 2.35 bits per heavy atom. The van der Waals surface area contributed by atoms with Gasteiger partial charge in [0.25, 0.3) is 0 Å². The van der Waals surface area contributed by atoms with E-state index >= 15 is 0 Å². The Kier molecular flexibility index (Phi) is 6.46. The summed E-state index contributed by atoms with van der Waals surface area (Å²) in [6.45, 7) is 3.73. The molecule has 8 heteroatoms. The maximum Gasteiger partial charge on any atom is 0.350 e. The molecule has 0 aliphatic carbocycles. The number of methoxy groups -OCH3 is 4. The van der Waals surface area contributed by atoms with Gasteiger partial charge >= 0.3 is 5.97 Å². The SMILES string of the molecule is COC(=O)c1scc(C)c1N/N=C(/C)c1ccc(OC)c(OC)c1OC. The average molecular weight is 378 g/mol. The molecule has 1 heterocycles. The number of nitrogens with one attached hydrogen (secondary N) is 1. The van der Waals surface area contributed by atoms with Crippen LogP contribution in [-0.4, -0.2) is 40.1 Å². The van der Waals surface area contributed by atoms with Crippen molar-refractivity contribution in [3.63, 3.8) is 0 Å². The molecule has 1 N–H and O–H groups in total. The molecule has 7 nitrogen and oxygen atoms in total. The van der Waals surface area contributed by atoms with Crippen molar-refractivity contribution in [3.05, 3.63) is 33.5 Å². The summed E-state index contributed by atoms with van der Waals surface area (Å²) >= 11 is 1.31. The maximum absolute atomic E-state index is 11.9. The second-order valence-electron chi connectivity index (χ2n) is 5.31. The Labute approximate surface area is 156 Å². The minimum Gasteiger partial charge on any atom is -0.493 e. The van der Waals surface area contributed by atoms with Crippen LogP contribution in [0, 0.1) is 6.92 Å². The Hall–Kier alpha value is -2.74. The summed E-state index contributed by atoms with van der Waals surface area (Å²) in [4.78, 5) is 12.3. The third-order valence-electron chi connectivity index (χ3n) is 3.78. The Morgan fingerprint density at radius 1 is 1.08 bits per heavy atom. The lowest BCUT2D eigenvalue weighted by molar-refractivity contribution is 0.0607. The van der Waals surface area contributed by atoms with Gasteiger partial charge in [0.1, 0.15) is 4.88 Å². The molecule has 0 saturated carbocycles. The molecule has 2 rings (SSSR count). The van der Waals surface area contributed by atoms with Crippen molar-refractivity contribution in [1.29, 1.82) is 0 Å². The zero-order valence-corrected chi connectivity index (χ0v) is 16.4. The van der Waals surface area contributed by atoms with E-state index < -0.39 is 5.97 Å². The first-order chi connectivity index (χ1) is 12.5. The number of hydrogen-bond donors (Lipinski definition) is 1. The third-order valence-corrected chi connectivity index (χ3v) is 4.85. The summed E-state index contributed by atoms with van der Waals surface area (Å²) in [5.74, 6) is 1.17. The Bertz CT molecular complexity index is 829. The number of esters is 1. The molecule has 0 spiro atoms. The molecule has 0 fully saturated rings. The summed E-state index contributed by atoms with van der Waals surface area (Å²) in [6.07, 6.45) is 0. The van der Waals surface area contributed by atoms with Crippen LogP contribution in [0.4, 0.5) is 5.69 Å². The van der Waals surface area contributed by atoms with Crippen LogP contribution in [0.25, 0.3) is 0 Å². The predicted molar refractivity (Wildman–Crippen MR) is 102 cm³/mol. The second-order valence-corrected chi connectivity index (χ2v) is 6.18. The minimum absolute atomic E-state index is 0.401. The zero-order chi connectivity index (χ0) is 19.3. The van der Waals surface area contributed by atoms with Crippen LogP contribution >= 0.6 is 11.3 Å². The van der Waals surface area contributed by atoms with Crippen molar-refractivity contribution >= 4 is 28.7 Å². The van der Waals surface area contributed by atoms with Crippen molar-refractivity contribution in [3.8, 4) is 17.2 Å². The first-order valence-corrected chi connectivity index (χ1v) is 8.62. The number of hydrogen-bond acceptors (Lipinski definition) is 8. The van der Waals surface area contributed by atoms with Crippen LogP contribution in [0.2, 0.25) is 0 Å². The van der Waals surface area contributed by atoms with Gasteiger partial charge in [-0.15, -0.1) is 11.3 Å². The maximum atomic E-state index is 11.9. The highest BCUT2D eigenvalue weighted by atomic mass is 32.1. The number of nitrogens with zero attached hydrogens (tertiary/aromatic N) is 1. The monoisotopic (exact) mass is 378 g/mol. The number of aryl methyl sites for hydroxylation is 1. The lowest BCUT2D eigenvalue weighted by atomic mass is 10.1. The van der Waals surface area contributed by atoms with E-state index in [9.17, 15) is 4.79 Å². The van der Waals surface area contributed by atoms with E-state index in [2.05, 4.69) is 10.5 Å². The highest BCUT2D eigenvalue weighted by molar-refractivity contribution is 7.12. The number of thiophene rings is 1. The summed E-state index contributed by atoms with van der Waals surface area (Å²) in [5, 5.41) is 6.28. The van der Waals surface area contributed by atoms with Crippen molar-refractivity contribution in [2.45, 2.75) is 13.8 Å². The molecule has 0 atom stereocenters. The number of benzene rings is 1. The van der Waals surface area contributed by atoms with E-state index in [0.717, 1.165) is 11.1 Å². The Balaban J connectivity index is 2.40. The number of ether oxygens (including phenoxy) is 4. The predicted octanol–water partition coefficient (Wildman–Crippen LogP) is 3.71. The molecule has 0 amide bonds. The molecule has 0 aliphatic rings. The molecule has 1 aromatic carbocycles. The lowest BCUT2D eigenvalue weighted by Crippen LogP contribution is -2.07. The van der Waals surface area contributed by atoms with Gasteiger partial charge in [-0.1, -0.05) is 0 Å². The molecule has 26 heavy (non-hydrogen) atoms. The highest BCUT2D eigenvalue weighted by Crippen LogP contribution is 2.40. The van der Waals surface area contributed by atoms with Crippen LogP contribution in [0.15, 0.2) is 22.6 Å². The molecule has 0 radical (unpaired) electrons. The van der Waals surface area contributed by atoms with Gasteiger partial charge < -0.3 is 18.9 Å². The van der Waals surface area contributed by atoms with Gasteiger partial charge in [-0.2, -0.15) is 5.10 Å². The van der Waals surface area contributed by atoms with Crippen LogP contribution in [0.1, 0.15) is 27.7 Å². The summed E-state index contributed by atoms with van der Waals surface area (Å²) in [7, 11) is 6.02. The molecule has 0 saturated heterocycles. The van der Waals surface area contributed by atoms with Crippen LogP contribution < -0.4 is 19.6 Å². The van der Waals surface area contributed by atoms with Gasteiger partial charge in [0.2, 0.25) is 5.75 Å². The second kappa shape index (κ2) is 8.57. The molecule has 2 aromatic rings. The number of rotatable bonds is 7. The zero-order valence-electron chi connectivity index (χ0n) is 15.6. The van der Waals surface area contributed by atoms with Gasteiger partial charge in [0.05, 0.1) is 39.8 Å². The van der Waals surface area contributed by atoms with Gasteiger partial charge in [0.15, 0.2) is 11.5 Å². The normalized spacial score (nSPS) is 11.1. The van der Waals surface area contributed by atoms with Crippen LogP contribution in [0.3, 0.4) is 0 Å². The minimum atomic E-state index is -0.401. The lowest BCUT2D eigenvalue weighted by Gasteiger charge is -2.15. The summed E-state index contributed by atoms with van der Waals surface area (Å²) < 4.78 is 21.0. The smallest absolute Gasteiger partial charge is 0.350 e. The Morgan fingerprint density at radius 2 is 1.77 bits per heavy atom. The molecule has 0 aliphatic heterocycles. The van der Waals surface area contributed by atoms with Crippen molar-refractivity contribution in [2.24, 2.45) is 5.10 Å². The van der Waals surface area contributed by atoms with E-state index in [1.807, 2.05) is 25.3 Å². The summed E-state index contributed by atoms with van der Waals surface area (Å²) in [6, 6.07) is 3.62. The van der Waals surface area contributed by atoms with Crippen LogP contribution in [0.5, 0.6) is 17.2 Å². The van der Waals surface area contributed by atoms with Gasteiger partial charge in [-0.25, -0.2) is 4.79 Å². The van der Waals surface area contributed by atoms with E-state index in [1.165, 1.54) is 18.4 Å². The molecule has 0 unspecified atom stereocenters. The van der Waals surface area contributed by atoms with Gasteiger partial charge in [0, 0.05) is 5.56 Å². The third kappa shape index (κ3) is 3.75. The van der Waals surface area contributed by atoms with Crippen molar-refractivity contribution in [1.82, 2.24) is 0 Å². The van der Waals surface area contributed by atoms with Crippen LogP contribution in [-0.2, 0) is 4.74 Å². The standard InChI is InChI=1S/C18H22N2O5S/c1-10-9-26-17(18(21)25-6)14(10)20-19-11(2)12-7-8-13(22-3)16(24-5)15(12)23-4/h7-9,20H,1-6H3/b19-11-. The van der Waals surface area contributed by atoms with E-state index in [1.54, 1.807) is 27.4 Å². The molecule has 0 bridgehead atoms. The molecular formula is C18H22N2O5S. The topological polar surface area (TPSA) is 78.4 Å². The number of carbonyl (C=O) groups is 1. The first kappa shape index (κ1) is 19.6. The van der Waals surface area contributed by atoms with E-state index in [4.69, 9.17) is 18.9 Å². The molecular weight excluding hydrogens is 356 g/mol. The van der Waals surface area contributed by atoms with Crippen molar-refractivity contribution in [2.75, 3.05) is 33.9 Å². The van der Waals surface area contributed by atoms with E-state index in [-0.39, 0.29) is 0 Å². The summed E-state index contributed by atoms with van der Waals surface area (Å²) in [5.41, 5.74) is 5.89. The quantitative estimate of drug-likeness (QED) is 0.450. The fourth-order valence-corrected chi connectivity index (χ4v) is 3.33. The molecule has 140 valence electrons. The van der Waals surface area contributed by atoms with Crippen molar-refractivity contribution < 1.29 is 23.7 Å². The van der Waals surface area contributed by atoms with Gasteiger partial charge in [-0.3, -0.25) is 5.43 Å². The van der Waals surface area contributed by atoms with E-state index in [0.29, 0.717) is 33.5 Å².